The zero-order chi connectivity index (χ0) is 19.6. The summed E-state index contributed by atoms with van der Waals surface area (Å²) < 4.78 is 4.63. The predicted octanol–water partition coefficient (Wildman–Crippen LogP) is 3.04. The number of nitrogens with zero attached hydrogens (tertiary/aromatic N) is 2. The Bertz CT molecular complexity index is 877. The minimum atomic E-state index is -0.500. The van der Waals surface area contributed by atoms with Gasteiger partial charge in [0.05, 0.1) is 19.2 Å². The Morgan fingerprint density at radius 1 is 1.37 bits per heavy atom. The fraction of sp³-hybridized carbons (Fsp3) is 0.368. The summed E-state index contributed by atoms with van der Waals surface area (Å²) in [5.41, 5.74) is 1.95. The van der Waals surface area contributed by atoms with Crippen LogP contribution in [-0.2, 0) is 14.3 Å². The van der Waals surface area contributed by atoms with E-state index in [4.69, 9.17) is 0 Å². The normalized spacial score (nSPS) is 16.7. The number of ether oxygens (including phenoxy) is 1. The largest absolute Gasteiger partial charge is 0.465 e. The number of hydrogen-bond acceptors (Lipinski definition) is 6. The highest BCUT2D eigenvalue weighted by molar-refractivity contribution is 7.17. The van der Waals surface area contributed by atoms with Gasteiger partial charge in [0.25, 0.3) is 0 Å². The Balaban J connectivity index is 1.68. The van der Waals surface area contributed by atoms with Gasteiger partial charge in [-0.1, -0.05) is 37.3 Å². The number of methoxy groups -OCH3 is 1. The van der Waals surface area contributed by atoms with Crippen molar-refractivity contribution in [2.24, 2.45) is 5.92 Å². The summed E-state index contributed by atoms with van der Waals surface area (Å²) in [6.07, 6.45) is 1.50. The molecular weight excluding hydrogens is 366 g/mol. The van der Waals surface area contributed by atoms with Gasteiger partial charge in [-0.25, -0.2) is 9.78 Å². The highest BCUT2D eigenvalue weighted by Crippen LogP contribution is 2.29. The van der Waals surface area contributed by atoms with Crippen molar-refractivity contribution in [3.63, 3.8) is 0 Å². The molecule has 7 nitrogen and oxygen atoms in total. The van der Waals surface area contributed by atoms with Crippen LogP contribution in [0.4, 0.5) is 10.8 Å². The first-order valence-electron chi connectivity index (χ1n) is 8.64. The summed E-state index contributed by atoms with van der Waals surface area (Å²) in [6, 6.07) is 7.83. The number of rotatable bonds is 5. The van der Waals surface area contributed by atoms with Gasteiger partial charge < -0.3 is 15.0 Å². The van der Waals surface area contributed by atoms with Crippen LogP contribution in [0.25, 0.3) is 0 Å². The quantitative estimate of drug-likeness (QED) is 0.797. The van der Waals surface area contributed by atoms with E-state index in [1.807, 2.05) is 24.3 Å². The third-order valence-corrected chi connectivity index (χ3v) is 5.36. The number of amides is 2. The third kappa shape index (κ3) is 4.16. The Hall–Kier alpha value is -2.74. The van der Waals surface area contributed by atoms with Crippen LogP contribution in [0.1, 0.15) is 41.4 Å². The van der Waals surface area contributed by atoms with Gasteiger partial charge in [-0.15, -0.1) is 0 Å². The first-order chi connectivity index (χ1) is 12.9. The average Bonchev–Trinajstić information content (AvgIpc) is 3.28. The summed E-state index contributed by atoms with van der Waals surface area (Å²) in [5, 5.41) is 3.00. The minimum absolute atomic E-state index is 0.0783. The van der Waals surface area contributed by atoms with E-state index in [-0.39, 0.29) is 18.2 Å². The molecule has 142 valence electrons. The van der Waals surface area contributed by atoms with Crippen molar-refractivity contribution >= 4 is 39.9 Å². The van der Waals surface area contributed by atoms with E-state index in [1.165, 1.54) is 13.3 Å². The highest BCUT2D eigenvalue weighted by Gasteiger charge is 2.35. The molecule has 8 heteroatoms. The standard InChI is InChI=1S/C19H21N3O4S/c1-11(2)12-5-4-6-14(7-12)22-10-13(8-16(22)23)17(24)21-19-20-9-15(27-19)18(25)26-3/h4-7,9,11,13H,8,10H2,1-3H3,(H,20,21,24)/t13-/m0/s1. The van der Waals surface area contributed by atoms with Crippen molar-refractivity contribution in [3.8, 4) is 0 Å². The van der Waals surface area contributed by atoms with Crippen LogP contribution in [0.15, 0.2) is 30.5 Å². The number of hydrogen-bond donors (Lipinski definition) is 1. The second kappa shape index (κ2) is 7.87. The molecule has 1 aliphatic rings. The summed E-state index contributed by atoms with van der Waals surface area (Å²) in [4.78, 5) is 42.4. The second-order valence-corrected chi connectivity index (χ2v) is 7.70. The number of carbonyl (C=O) groups excluding carboxylic acids is 3. The molecule has 27 heavy (non-hydrogen) atoms. The molecule has 2 amide bonds. The minimum Gasteiger partial charge on any atom is -0.465 e. The molecular formula is C19H21N3O4S. The molecule has 0 unspecified atom stereocenters. The number of carbonyl (C=O) groups is 3. The summed E-state index contributed by atoms with van der Waals surface area (Å²) in [7, 11) is 1.29. The molecule has 0 saturated carbocycles. The van der Waals surface area contributed by atoms with Gasteiger partial charge in [0.15, 0.2) is 5.13 Å². The van der Waals surface area contributed by atoms with Crippen molar-refractivity contribution in [1.82, 2.24) is 4.98 Å². The molecule has 1 aromatic heterocycles. The lowest BCUT2D eigenvalue weighted by molar-refractivity contribution is -0.122. The van der Waals surface area contributed by atoms with Crippen molar-refractivity contribution in [2.75, 3.05) is 23.9 Å². The Morgan fingerprint density at radius 3 is 2.85 bits per heavy atom. The van der Waals surface area contributed by atoms with Gasteiger partial charge in [-0.05, 0) is 23.6 Å². The van der Waals surface area contributed by atoms with E-state index in [9.17, 15) is 14.4 Å². The number of anilines is 2. The molecule has 1 saturated heterocycles. The fourth-order valence-corrected chi connectivity index (χ4v) is 3.66. The number of thiazole rings is 1. The van der Waals surface area contributed by atoms with Crippen LogP contribution >= 0.6 is 11.3 Å². The van der Waals surface area contributed by atoms with Crippen LogP contribution in [-0.4, -0.2) is 36.4 Å². The molecule has 1 N–H and O–H groups in total. The maximum Gasteiger partial charge on any atom is 0.349 e. The number of esters is 1. The molecule has 1 fully saturated rings. The SMILES string of the molecule is COC(=O)c1cnc(NC(=O)[C@H]2CC(=O)N(c3cccc(C(C)C)c3)C2)s1. The van der Waals surface area contributed by atoms with E-state index in [2.05, 4.69) is 28.9 Å². The molecule has 1 aliphatic heterocycles. The van der Waals surface area contributed by atoms with Crippen molar-refractivity contribution < 1.29 is 19.1 Å². The third-order valence-electron chi connectivity index (χ3n) is 4.47. The molecule has 1 atom stereocenters. The number of benzene rings is 1. The lowest BCUT2D eigenvalue weighted by Gasteiger charge is -2.18. The van der Waals surface area contributed by atoms with Gasteiger partial charge >= 0.3 is 5.97 Å². The number of nitrogens with one attached hydrogen (secondary N) is 1. The molecule has 0 spiro atoms. The molecule has 2 aromatic rings. The maximum atomic E-state index is 12.5. The van der Waals surface area contributed by atoms with Gasteiger partial charge in [-0.2, -0.15) is 0 Å². The predicted molar refractivity (Wildman–Crippen MR) is 103 cm³/mol. The summed E-state index contributed by atoms with van der Waals surface area (Å²) in [5.74, 6) is -0.969. The maximum absolute atomic E-state index is 12.5. The van der Waals surface area contributed by atoms with Crippen molar-refractivity contribution in [3.05, 3.63) is 40.9 Å². The Kier molecular flexibility index (Phi) is 5.55. The first kappa shape index (κ1) is 19.0. The van der Waals surface area contributed by atoms with Crippen LogP contribution in [0.2, 0.25) is 0 Å². The summed E-state index contributed by atoms with van der Waals surface area (Å²) in [6.45, 7) is 4.51. The van der Waals surface area contributed by atoms with E-state index < -0.39 is 11.9 Å². The Morgan fingerprint density at radius 2 is 2.15 bits per heavy atom. The lowest BCUT2D eigenvalue weighted by atomic mass is 10.0. The van der Waals surface area contributed by atoms with E-state index in [0.717, 1.165) is 22.6 Å². The van der Waals surface area contributed by atoms with Gasteiger partial charge in [0, 0.05) is 18.7 Å². The topological polar surface area (TPSA) is 88.6 Å². The average molecular weight is 387 g/mol. The van der Waals surface area contributed by atoms with Gasteiger partial charge in [0.1, 0.15) is 4.88 Å². The molecule has 0 radical (unpaired) electrons. The molecule has 0 bridgehead atoms. The Labute approximate surface area is 161 Å². The first-order valence-corrected chi connectivity index (χ1v) is 9.46. The van der Waals surface area contributed by atoms with Crippen LogP contribution < -0.4 is 10.2 Å². The van der Waals surface area contributed by atoms with Crippen molar-refractivity contribution in [2.45, 2.75) is 26.2 Å². The number of aromatic nitrogens is 1. The summed E-state index contributed by atoms with van der Waals surface area (Å²) >= 11 is 1.04. The van der Waals surface area contributed by atoms with E-state index in [0.29, 0.717) is 22.5 Å². The monoisotopic (exact) mass is 387 g/mol. The zero-order valence-electron chi connectivity index (χ0n) is 15.4. The molecule has 0 aliphatic carbocycles. The fourth-order valence-electron chi connectivity index (χ4n) is 2.92. The molecule has 2 heterocycles. The van der Waals surface area contributed by atoms with Crippen LogP contribution in [0.3, 0.4) is 0 Å². The molecule has 1 aromatic carbocycles. The van der Waals surface area contributed by atoms with Gasteiger partial charge in [0.2, 0.25) is 11.8 Å². The van der Waals surface area contributed by atoms with Crippen LogP contribution in [0, 0.1) is 5.92 Å². The van der Waals surface area contributed by atoms with Gasteiger partial charge in [-0.3, -0.25) is 9.59 Å². The smallest absolute Gasteiger partial charge is 0.349 e. The molecule has 3 rings (SSSR count). The lowest BCUT2D eigenvalue weighted by Crippen LogP contribution is -2.28. The second-order valence-electron chi connectivity index (χ2n) is 6.67. The van der Waals surface area contributed by atoms with Crippen molar-refractivity contribution in [1.29, 1.82) is 0 Å². The van der Waals surface area contributed by atoms with Crippen LogP contribution in [0.5, 0.6) is 0 Å². The highest BCUT2D eigenvalue weighted by atomic mass is 32.1. The zero-order valence-corrected chi connectivity index (χ0v) is 16.2. The van der Waals surface area contributed by atoms with E-state index >= 15 is 0 Å². The van der Waals surface area contributed by atoms with E-state index in [1.54, 1.807) is 4.90 Å².